The van der Waals surface area contributed by atoms with Gasteiger partial charge in [-0.25, -0.2) is 4.79 Å². The first-order chi connectivity index (χ1) is 9.27. The summed E-state index contributed by atoms with van der Waals surface area (Å²) >= 11 is 11.8. The van der Waals surface area contributed by atoms with Gasteiger partial charge >= 0.3 is 5.97 Å². The molecule has 0 saturated carbocycles. The average molecular weight is 332 g/mol. The zero-order valence-corrected chi connectivity index (χ0v) is 14.0. The molecule has 20 heavy (non-hydrogen) atoms. The average Bonchev–Trinajstić information content (AvgIpc) is 2.39. The number of carbonyl (C=O) groups excluding carboxylic acids is 1. The van der Waals surface area contributed by atoms with Gasteiger partial charge in [0.25, 0.3) is 8.32 Å². The van der Waals surface area contributed by atoms with Crippen molar-refractivity contribution in [1.29, 1.82) is 5.26 Å². The predicted molar refractivity (Wildman–Crippen MR) is 80.6 cm³/mol. The number of nitrogens with zero attached hydrogens (tertiary/aromatic N) is 1. The molecule has 0 N–H and O–H groups in total. The lowest BCUT2D eigenvalue weighted by Crippen LogP contribution is -2.38. The summed E-state index contributed by atoms with van der Waals surface area (Å²) in [5, 5.41) is 9.49. The van der Waals surface area contributed by atoms with Crippen LogP contribution < -0.4 is 4.74 Å². The van der Waals surface area contributed by atoms with Gasteiger partial charge in [-0.15, -0.1) is 0 Å². The molecule has 0 spiro atoms. The van der Waals surface area contributed by atoms with Crippen molar-refractivity contribution in [3.8, 4) is 11.8 Å². The van der Waals surface area contributed by atoms with Crippen LogP contribution in [0.5, 0.6) is 5.75 Å². The van der Waals surface area contributed by atoms with E-state index < -0.39 is 14.3 Å². The van der Waals surface area contributed by atoms with E-state index >= 15 is 0 Å². The summed E-state index contributed by atoms with van der Waals surface area (Å²) in [6, 6.07) is 7.02. The Bertz CT molecular complexity index is 543. The second kappa shape index (κ2) is 6.98. The number of hydrogen-bond donors (Lipinski definition) is 0. The highest BCUT2D eigenvalue weighted by Crippen LogP contribution is 2.31. The molecule has 0 amide bonds. The summed E-state index contributed by atoms with van der Waals surface area (Å²) in [5.74, 6) is -0.191. The number of ether oxygens (including phenoxy) is 1. The van der Waals surface area contributed by atoms with Gasteiger partial charge in [0.05, 0.1) is 16.6 Å². The zero-order valence-electron chi connectivity index (χ0n) is 11.4. The van der Waals surface area contributed by atoms with Gasteiger partial charge in [-0.05, 0) is 32.2 Å². The lowest BCUT2D eigenvalue weighted by atomic mass is 10.3. The molecule has 0 radical (unpaired) electrons. The van der Waals surface area contributed by atoms with E-state index in [2.05, 4.69) is 6.07 Å². The molecule has 0 aliphatic heterocycles. The molecule has 7 heteroatoms. The lowest BCUT2D eigenvalue weighted by Gasteiger charge is -2.24. The fourth-order valence-electron chi connectivity index (χ4n) is 1.30. The van der Waals surface area contributed by atoms with Gasteiger partial charge < -0.3 is 9.16 Å². The summed E-state index contributed by atoms with van der Waals surface area (Å²) in [6.45, 7) is 5.10. The molecule has 4 nitrogen and oxygen atoms in total. The van der Waals surface area contributed by atoms with Crippen molar-refractivity contribution in [2.45, 2.75) is 25.6 Å². The summed E-state index contributed by atoms with van der Waals surface area (Å²) in [5.41, 5.74) is -0.291. The van der Waals surface area contributed by atoms with Crippen molar-refractivity contribution in [2.24, 2.45) is 0 Å². The Kier molecular flexibility index (Phi) is 5.87. The first-order valence-corrected chi connectivity index (χ1v) is 9.70. The lowest BCUT2D eigenvalue weighted by molar-refractivity contribution is -0.137. The van der Waals surface area contributed by atoms with Crippen molar-refractivity contribution in [2.75, 3.05) is 6.61 Å². The van der Waals surface area contributed by atoms with Crippen LogP contribution in [-0.4, -0.2) is 20.9 Å². The van der Waals surface area contributed by atoms with Crippen LogP contribution in [0.4, 0.5) is 0 Å². The van der Waals surface area contributed by atoms with Gasteiger partial charge in [0.15, 0.2) is 6.61 Å². The van der Waals surface area contributed by atoms with E-state index in [0.29, 0.717) is 10.8 Å². The topological polar surface area (TPSA) is 59.3 Å². The molecule has 0 fully saturated rings. The molecule has 0 bridgehead atoms. The van der Waals surface area contributed by atoms with E-state index in [-0.39, 0.29) is 17.2 Å². The predicted octanol–water partition coefficient (Wildman–Crippen LogP) is 4.03. The maximum Gasteiger partial charge on any atom is 0.330 e. The molecular weight excluding hydrogens is 317 g/mol. The van der Waals surface area contributed by atoms with Gasteiger partial charge in [0, 0.05) is 0 Å². The van der Waals surface area contributed by atoms with Crippen LogP contribution in [0.2, 0.25) is 28.7 Å². The third-order valence-electron chi connectivity index (χ3n) is 2.88. The van der Waals surface area contributed by atoms with Crippen molar-refractivity contribution in [3.63, 3.8) is 0 Å². The number of halogens is 2. The highest BCUT2D eigenvalue weighted by atomic mass is 35.5. The summed E-state index contributed by atoms with van der Waals surface area (Å²) in [6.07, 6.45) is 0. The molecule has 1 unspecified atom stereocenters. The van der Waals surface area contributed by atoms with Crippen LogP contribution in [0.25, 0.3) is 0 Å². The van der Waals surface area contributed by atoms with E-state index in [9.17, 15) is 4.79 Å². The Morgan fingerprint density at radius 1 is 1.45 bits per heavy atom. The molecule has 1 atom stereocenters. The van der Waals surface area contributed by atoms with Crippen molar-refractivity contribution < 1.29 is 14.0 Å². The first kappa shape index (κ1) is 16.8. The largest absolute Gasteiger partial charge is 0.516 e. The van der Waals surface area contributed by atoms with E-state index in [0.717, 1.165) is 0 Å². The summed E-state index contributed by atoms with van der Waals surface area (Å²) in [7, 11) is -2.38. The van der Waals surface area contributed by atoms with E-state index in [4.69, 9.17) is 37.6 Å². The number of nitriles is 1. The van der Waals surface area contributed by atoms with Crippen molar-refractivity contribution in [3.05, 3.63) is 28.2 Å². The molecule has 108 valence electrons. The highest BCUT2D eigenvalue weighted by Gasteiger charge is 2.34. The van der Waals surface area contributed by atoms with Crippen LogP contribution in [0.3, 0.4) is 0 Å². The summed E-state index contributed by atoms with van der Waals surface area (Å²) < 4.78 is 10.6. The Hall–Kier alpha value is -1.22. The normalized spacial score (nSPS) is 12.4. The number of hydrogen-bond acceptors (Lipinski definition) is 4. The fourth-order valence-corrected chi connectivity index (χ4v) is 2.78. The van der Waals surface area contributed by atoms with Gasteiger partial charge in [-0.1, -0.05) is 29.3 Å². The van der Waals surface area contributed by atoms with Crippen molar-refractivity contribution in [1.82, 2.24) is 0 Å². The molecule has 0 saturated heterocycles. The molecule has 1 aromatic carbocycles. The Morgan fingerprint density at radius 2 is 2.10 bits per heavy atom. The molecular formula is C13H15Cl2NO3Si. The van der Waals surface area contributed by atoms with E-state index in [1.165, 1.54) is 0 Å². The highest BCUT2D eigenvalue weighted by molar-refractivity contribution is 6.74. The number of benzene rings is 1. The van der Waals surface area contributed by atoms with Gasteiger partial charge in [-0.2, -0.15) is 5.26 Å². The van der Waals surface area contributed by atoms with Crippen molar-refractivity contribution >= 4 is 37.5 Å². The van der Waals surface area contributed by atoms with Crippen LogP contribution in [-0.2, 0) is 9.22 Å². The minimum Gasteiger partial charge on any atom is -0.516 e. The van der Waals surface area contributed by atoms with Crippen LogP contribution in [0.15, 0.2) is 18.2 Å². The quantitative estimate of drug-likeness (QED) is 0.764. The second-order valence-corrected chi connectivity index (χ2v) is 9.83. The van der Waals surface area contributed by atoms with E-state index in [1.807, 2.05) is 13.1 Å². The molecule has 0 aromatic heterocycles. The van der Waals surface area contributed by atoms with Crippen LogP contribution in [0.1, 0.15) is 6.92 Å². The minimum atomic E-state index is -2.38. The summed E-state index contributed by atoms with van der Waals surface area (Å²) in [4.78, 5) is 11.8. The maximum absolute atomic E-state index is 11.8. The van der Waals surface area contributed by atoms with Gasteiger partial charge in [0.1, 0.15) is 10.8 Å². The fraction of sp³-hybridized carbons (Fsp3) is 0.385. The third kappa shape index (κ3) is 4.41. The molecule has 0 aliphatic rings. The van der Waals surface area contributed by atoms with Crippen LogP contribution >= 0.6 is 23.2 Å². The number of carbonyl (C=O) groups is 1. The Morgan fingerprint density at radius 3 is 2.70 bits per heavy atom. The Balaban J connectivity index is 2.61. The van der Waals surface area contributed by atoms with Gasteiger partial charge in [0.2, 0.25) is 0 Å². The van der Waals surface area contributed by atoms with Gasteiger partial charge in [-0.3, -0.25) is 0 Å². The smallest absolute Gasteiger partial charge is 0.330 e. The Labute approximate surface area is 129 Å². The molecule has 1 aromatic rings. The SMILES string of the molecule is CC(C#N)[Si](C)(C)OC(=O)COc1cccc(Cl)c1Cl. The monoisotopic (exact) mass is 331 g/mol. The minimum absolute atomic E-state index is 0.254. The number of rotatable bonds is 5. The standard InChI is InChI=1S/C13H15Cl2NO3Si/c1-9(7-16)20(2,3)19-12(17)8-18-11-6-4-5-10(14)13(11)15/h4-6,9H,8H2,1-3H3. The molecule has 1 rings (SSSR count). The zero-order chi connectivity index (χ0) is 15.3. The molecule has 0 aliphatic carbocycles. The first-order valence-electron chi connectivity index (χ1n) is 5.96. The maximum atomic E-state index is 11.8. The van der Waals surface area contributed by atoms with Crippen LogP contribution in [0, 0.1) is 11.3 Å². The second-order valence-electron chi connectivity index (χ2n) is 4.77. The van der Waals surface area contributed by atoms with E-state index in [1.54, 1.807) is 25.1 Å². The molecule has 0 heterocycles. The third-order valence-corrected chi connectivity index (χ3v) is 6.65.